The lowest BCUT2D eigenvalue weighted by atomic mass is 9.96. The van der Waals surface area contributed by atoms with Gasteiger partial charge in [0.25, 0.3) is 0 Å². The van der Waals surface area contributed by atoms with Crippen molar-refractivity contribution >= 4 is 16.7 Å². The van der Waals surface area contributed by atoms with Gasteiger partial charge in [-0.2, -0.15) is 0 Å². The summed E-state index contributed by atoms with van der Waals surface area (Å²) >= 11 is 0. The number of rotatable bonds is 6. The Kier molecular flexibility index (Phi) is 4.86. The zero-order valence-corrected chi connectivity index (χ0v) is 15.3. The summed E-state index contributed by atoms with van der Waals surface area (Å²) in [7, 11) is 0. The summed E-state index contributed by atoms with van der Waals surface area (Å²) in [6.07, 6.45) is 1.82. The quantitative estimate of drug-likeness (QED) is 0.468. The standard InChI is InChI=1S/C24H22N2O/c1-17-8-7-9-18(14-17)15-26-23(19-10-3-2-4-11-19)24(27)21-16-25-22-13-6-5-12-20(21)22/h2-14,16,23,25-26H,15H2,1H3. The van der Waals surface area contributed by atoms with Crippen LogP contribution in [0.4, 0.5) is 0 Å². The molecule has 4 rings (SSSR count). The van der Waals surface area contributed by atoms with Gasteiger partial charge in [-0.25, -0.2) is 0 Å². The number of carbonyl (C=O) groups is 1. The predicted molar refractivity (Wildman–Crippen MR) is 110 cm³/mol. The molecule has 27 heavy (non-hydrogen) atoms. The third-order valence-electron chi connectivity index (χ3n) is 4.84. The van der Waals surface area contributed by atoms with Crippen LogP contribution in [0.25, 0.3) is 10.9 Å². The molecule has 0 amide bonds. The molecular formula is C24H22N2O. The number of aromatic amines is 1. The fourth-order valence-corrected chi connectivity index (χ4v) is 3.48. The van der Waals surface area contributed by atoms with E-state index in [0.29, 0.717) is 6.54 Å². The lowest BCUT2D eigenvalue weighted by molar-refractivity contribution is 0.0943. The molecule has 0 saturated carbocycles. The highest BCUT2D eigenvalue weighted by atomic mass is 16.1. The first-order valence-corrected chi connectivity index (χ1v) is 9.16. The monoisotopic (exact) mass is 354 g/mol. The van der Waals surface area contributed by atoms with Crippen LogP contribution in [0.1, 0.15) is 33.1 Å². The Morgan fingerprint density at radius 3 is 2.56 bits per heavy atom. The molecule has 0 bridgehead atoms. The predicted octanol–water partition coefficient (Wildman–Crippen LogP) is 5.19. The van der Waals surface area contributed by atoms with Crippen LogP contribution in [0.15, 0.2) is 85.1 Å². The summed E-state index contributed by atoms with van der Waals surface area (Å²) in [6, 6.07) is 25.8. The molecule has 3 nitrogen and oxygen atoms in total. The number of fused-ring (bicyclic) bond motifs is 1. The van der Waals surface area contributed by atoms with Gasteiger partial charge in [0.05, 0.1) is 6.04 Å². The van der Waals surface area contributed by atoms with E-state index in [1.54, 1.807) is 0 Å². The van der Waals surface area contributed by atoms with Crippen molar-refractivity contribution in [1.82, 2.24) is 10.3 Å². The number of carbonyl (C=O) groups excluding carboxylic acids is 1. The second kappa shape index (κ2) is 7.60. The summed E-state index contributed by atoms with van der Waals surface area (Å²) < 4.78 is 0. The Hall–Kier alpha value is -3.17. The number of Topliss-reactive ketones (excluding diaryl/α,β-unsaturated/α-hetero) is 1. The van der Waals surface area contributed by atoms with E-state index in [4.69, 9.17) is 0 Å². The number of para-hydroxylation sites is 1. The lowest BCUT2D eigenvalue weighted by Crippen LogP contribution is -2.28. The first kappa shape index (κ1) is 17.3. The van der Waals surface area contributed by atoms with Crippen LogP contribution in [0, 0.1) is 6.92 Å². The molecule has 3 aromatic carbocycles. The zero-order chi connectivity index (χ0) is 18.6. The Bertz CT molecular complexity index is 1070. The normalized spacial score (nSPS) is 12.2. The van der Waals surface area contributed by atoms with Crippen LogP contribution in [-0.2, 0) is 6.54 Å². The SMILES string of the molecule is Cc1cccc(CNC(C(=O)c2c[nH]c3ccccc23)c2ccccc2)c1. The molecule has 1 aromatic heterocycles. The van der Waals surface area contributed by atoms with E-state index in [0.717, 1.165) is 22.0 Å². The Morgan fingerprint density at radius 1 is 0.963 bits per heavy atom. The van der Waals surface area contributed by atoms with Gasteiger partial charge in [0, 0.05) is 29.2 Å². The molecule has 134 valence electrons. The molecule has 0 spiro atoms. The van der Waals surface area contributed by atoms with E-state index in [-0.39, 0.29) is 5.78 Å². The molecule has 0 saturated heterocycles. The fraction of sp³-hybridized carbons (Fsp3) is 0.125. The van der Waals surface area contributed by atoms with Crippen LogP contribution in [-0.4, -0.2) is 10.8 Å². The van der Waals surface area contributed by atoms with Gasteiger partial charge in [0.2, 0.25) is 0 Å². The van der Waals surface area contributed by atoms with Crippen LogP contribution < -0.4 is 5.32 Å². The van der Waals surface area contributed by atoms with E-state index in [1.807, 2.05) is 66.9 Å². The molecule has 0 aliphatic rings. The van der Waals surface area contributed by atoms with Gasteiger partial charge in [-0.3, -0.25) is 10.1 Å². The molecule has 1 atom stereocenters. The first-order valence-electron chi connectivity index (χ1n) is 9.16. The van der Waals surface area contributed by atoms with Crippen molar-refractivity contribution in [3.63, 3.8) is 0 Å². The third-order valence-corrected chi connectivity index (χ3v) is 4.84. The Morgan fingerprint density at radius 2 is 1.74 bits per heavy atom. The molecule has 4 aromatic rings. The average Bonchev–Trinajstić information content (AvgIpc) is 3.13. The molecule has 0 aliphatic heterocycles. The maximum Gasteiger partial charge on any atom is 0.186 e. The smallest absolute Gasteiger partial charge is 0.186 e. The highest BCUT2D eigenvalue weighted by molar-refractivity contribution is 6.10. The summed E-state index contributed by atoms with van der Waals surface area (Å²) in [5.41, 5.74) is 5.05. The van der Waals surface area contributed by atoms with Gasteiger partial charge < -0.3 is 4.98 Å². The minimum absolute atomic E-state index is 0.0753. The summed E-state index contributed by atoms with van der Waals surface area (Å²) in [5.74, 6) is 0.0753. The number of ketones is 1. The molecule has 3 heteroatoms. The fourth-order valence-electron chi connectivity index (χ4n) is 3.48. The van der Waals surface area contributed by atoms with Crippen molar-refractivity contribution < 1.29 is 4.79 Å². The highest BCUT2D eigenvalue weighted by Gasteiger charge is 2.23. The minimum Gasteiger partial charge on any atom is -0.360 e. The topological polar surface area (TPSA) is 44.9 Å². The number of benzene rings is 3. The molecule has 1 heterocycles. The first-order chi connectivity index (χ1) is 13.2. The second-order valence-electron chi connectivity index (χ2n) is 6.83. The van der Waals surface area contributed by atoms with Gasteiger partial charge in [-0.05, 0) is 24.1 Å². The van der Waals surface area contributed by atoms with E-state index < -0.39 is 6.04 Å². The third kappa shape index (κ3) is 3.69. The van der Waals surface area contributed by atoms with Gasteiger partial charge in [-0.15, -0.1) is 0 Å². The molecular weight excluding hydrogens is 332 g/mol. The van der Waals surface area contributed by atoms with Gasteiger partial charge in [0.15, 0.2) is 5.78 Å². The lowest BCUT2D eigenvalue weighted by Gasteiger charge is -2.18. The van der Waals surface area contributed by atoms with Crippen molar-refractivity contribution in [2.75, 3.05) is 0 Å². The van der Waals surface area contributed by atoms with Crippen LogP contribution in [0.3, 0.4) is 0 Å². The molecule has 0 radical (unpaired) electrons. The zero-order valence-electron chi connectivity index (χ0n) is 15.3. The number of H-pyrrole nitrogens is 1. The van der Waals surface area contributed by atoms with E-state index in [9.17, 15) is 4.79 Å². The van der Waals surface area contributed by atoms with E-state index >= 15 is 0 Å². The van der Waals surface area contributed by atoms with Crippen molar-refractivity contribution in [2.45, 2.75) is 19.5 Å². The number of aromatic nitrogens is 1. The summed E-state index contributed by atoms with van der Waals surface area (Å²) in [4.78, 5) is 16.6. The molecule has 0 fully saturated rings. The summed E-state index contributed by atoms with van der Waals surface area (Å²) in [6.45, 7) is 2.71. The maximum atomic E-state index is 13.4. The Labute approximate surface area is 159 Å². The van der Waals surface area contributed by atoms with Crippen LogP contribution >= 0.6 is 0 Å². The average molecular weight is 354 g/mol. The van der Waals surface area contributed by atoms with Crippen molar-refractivity contribution in [3.8, 4) is 0 Å². The van der Waals surface area contributed by atoms with E-state index in [1.165, 1.54) is 11.1 Å². The Balaban J connectivity index is 1.66. The van der Waals surface area contributed by atoms with Gasteiger partial charge in [-0.1, -0.05) is 78.4 Å². The molecule has 1 unspecified atom stereocenters. The number of hydrogen-bond donors (Lipinski definition) is 2. The number of nitrogens with one attached hydrogen (secondary N) is 2. The molecule has 0 aliphatic carbocycles. The van der Waals surface area contributed by atoms with Crippen LogP contribution in [0.5, 0.6) is 0 Å². The summed E-state index contributed by atoms with van der Waals surface area (Å²) in [5, 5.41) is 4.43. The number of aryl methyl sites for hydroxylation is 1. The highest BCUT2D eigenvalue weighted by Crippen LogP contribution is 2.25. The minimum atomic E-state index is -0.397. The van der Waals surface area contributed by atoms with Gasteiger partial charge >= 0.3 is 0 Å². The van der Waals surface area contributed by atoms with Crippen LogP contribution in [0.2, 0.25) is 0 Å². The van der Waals surface area contributed by atoms with Crippen molar-refractivity contribution in [1.29, 1.82) is 0 Å². The van der Waals surface area contributed by atoms with Gasteiger partial charge in [0.1, 0.15) is 0 Å². The van der Waals surface area contributed by atoms with Crippen molar-refractivity contribution in [3.05, 3.63) is 107 Å². The maximum absolute atomic E-state index is 13.4. The largest absolute Gasteiger partial charge is 0.360 e. The number of hydrogen-bond acceptors (Lipinski definition) is 2. The second-order valence-corrected chi connectivity index (χ2v) is 6.83. The van der Waals surface area contributed by atoms with Crippen molar-refractivity contribution in [2.24, 2.45) is 0 Å². The van der Waals surface area contributed by atoms with E-state index in [2.05, 4.69) is 35.4 Å². The molecule has 2 N–H and O–H groups in total.